The zero-order chi connectivity index (χ0) is 25.2. The van der Waals surface area contributed by atoms with Crippen LogP contribution < -0.4 is 5.32 Å². The van der Waals surface area contributed by atoms with Gasteiger partial charge >= 0.3 is 0 Å². The average molecular weight is 490 g/mol. The van der Waals surface area contributed by atoms with Crippen LogP contribution in [0.4, 0.5) is 5.69 Å². The van der Waals surface area contributed by atoms with Crippen LogP contribution in [-0.2, 0) is 17.8 Å². The highest BCUT2D eigenvalue weighted by molar-refractivity contribution is 6.05. The molecule has 3 aromatic rings. The summed E-state index contributed by atoms with van der Waals surface area (Å²) in [6.45, 7) is 6.64. The van der Waals surface area contributed by atoms with Crippen LogP contribution in [0.25, 0.3) is 10.9 Å². The Morgan fingerprint density at radius 3 is 2.50 bits per heavy atom. The van der Waals surface area contributed by atoms with Crippen molar-refractivity contribution in [2.75, 3.05) is 13.2 Å². The summed E-state index contributed by atoms with van der Waals surface area (Å²) in [5, 5.41) is 19.7. The molecule has 5 rings (SSSR count). The Morgan fingerprint density at radius 1 is 1.14 bits per heavy atom. The standard InChI is InChI=1S/C27H31N5O4/c1-18(2)11-12-31-25-6-4-3-5-24(25)26(29-31)27(33)28-20-13-22-16-36-17-23(14-20)30(22)15-19-7-9-21(10-8-19)32(34)35/h3-11,20,22-23H,12-17H2,1-2H3,(H,28,33)/t20?,22-,23+. The number of amides is 1. The molecule has 1 unspecified atom stereocenters. The van der Waals surface area contributed by atoms with E-state index in [0.717, 1.165) is 29.3 Å². The summed E-state index contributed by atoms with van der Waals surface area (Å²) in [6.07, 6.45) is 3.67. The number of piperidine rings is 1. The third-order valence-electron chi connectivity index (χ3n) is 7.06. The van der Waals surface area contributed by atoms with E-state index >= 15 is 0 Å². The number of allylic oxidation sites excluding steroid dienone is 2. The fraction of sp³-hybridized carbons (Fsp3) is 0.407. The van der Waals surface area contributed by atoms with E-state index in [1.165, 1.54) is 5.57 Å². The summed E-state index contributed by atoms with van der Waals surface area (Å²) < 4.78 is 7.72. The predicted molar refractivity (Wildman–Crippen MR) is 137 cm³/mol. The van der Waals surface area contributed by atoms with Crippen molar-refractivity contribution < 1.29 is 14.5 Å². The molecule has 188 valence electrons. The molecule has 2 bridgehead atoms. The van der Waals surface area contributed by atoms with Crippen molar-refractivity contribution in [3.63, 3.8) is 0 Å². The first-order chi connectivity index (χ1) is 17.4. The maximum atomic E-state index is 13.4. The third-order valence-corrected chi connectivity index (χ3v) is 7.06. The first-order valence-corrected chi connectivity index (χ1v) is 12.4. The molecule has 36 heavy (non-hydrogen) atoms. The second-order valence-corrected chi connectivity index (χ2v) is 9.91. The molecule has 0 aliphatic carbocycles. The summed E-state index contributed by atoms with van der Waals surface area (Å²) in [5.74, 6) is -0.144. The number of carbonyl (C=O) groups is 1. The van der Waals surface area contributed by atoms with E-state index in [-0.39, 0.29) is 34.6 Å². The van der Waals surface area contributed by atoms with Gasteiger partial charge in [-0.3, -0.25) is 24.5 Å². The lowest BCUT2D eigenvalue weighted by atomic mass is 9.89. The van der Waals surface area contributed by atoms with Crippen molar-refractivity contribution in [1.29, 1.82) is 0 Å². The summed E-state index contributed by atoms with van der Waals surface area (Å²) in [6, 6.07) is 15.0. The van der Waals surface area contributed by atoms with Crippen LogP contribution in [-0.4, -0.2) is 56.9 Å². The molecule has 2 aliphatic heterocycles. The molecule has 9 nitrogen and oxygen atoms in total. The Kier molecular flexibility index (Phi) is 6.84. The van der Waals surface area contributed by atoms with Gasteiger partial charge in [-0.1, -0.05) is 42.0 Å². The normalized spacial score (nSPS) is 21.8. The minimum Gasteiger partial charge on any atom is -0.378 e. The van der Waals surface area contributed by atoms with Gasteiger partial charge in [-0.2, -0.15) is 5.10 Å². The van der Waals surface area contributed by atoms with E-state index in [1.54, 1.807) is 12.1 Å². The highest BCUT2D eigenvalue weighted by atomic mass is 16.6. The van der Waals surface area contributed by atoms with E-state index in [0.29, 0.717) is 32.0 Å². The van der Waals surface area contributed by atoms with Gasteiger partial charge in [0.2, 0.25) is 0 Å². The topological polar surface area (TPSA) is 103 Å². The zero-order valence-electron chi connectivity index (χ0n) is 20.6. The van der Waals surface area contributed by atoms with Crippen LogP contribution in [0.3, 0.4) is 0 Å². The van der Waals surface area contributed by atoms with E-state index < -0.39 is 0 Å². The highest BCUT2D eigenvalue weighted by Crippen LogP contribution is 2.30. The molecule has 3 heterocycles. The number of carbonyl (C=O) groups excluding carboxylic acids is 1. The fourth-order valence-electron chi connectivity index (χ4n) is 5.26. The van der Waals surface area contributed by atoms with Crippen molar-refractivity contribution in [2.45, 2.75) is 57.9 Å². The smallest absolute Gasteiger partial charge is 0.272 e. The molecule has 3 atom stereocenters. The van der Waals surface area contributed by atoms with Gasteiger partial charge in [-0.25, -0.2) is 0 Å². The lowest BCUT2D eigenvalue weighted by Gasteiger charge is -2.48. The number of benzene rings is 2. The number of ether oxygens (including phenoxy) is 1. The molecule has 0 saturated carbocycles. The van der Waals surface area contributed by atoms with E-state index in [4.69, 9.17) is 4.74 Å². The number of non-ortho nitro benzene ring substituents is 1. The molecular formula is C27H31N5O4. The summed E-state index contributed by atoms with van der Waals surface area (Å²) in [4.78, 5) is 26.3. The zero-order valence-corrected chi connectivity index (χ0v) is 20.6. The van der Waals surface area contributed by atoms with Crippen LogP contribution in [0.15, 0.2) is 60.2 Å². The van der Waals surface area contributed by atoms with Gasteiger partial charge in [0.15, 0.2) is 5.69 Å². The lowest BCUT2D eigenvalue weighted by molar-refractivity contribution is -0.384. The van der Waals surface area contributed by atoms with Crippen LogP contribution in [0.2, 0.25) is 0 Å². The molecule has 2 aliphatic rings. The SMILES string of the molecule is CC(C)=CCn1nc(C(=O)NC2C[C@H]3COC[C@@H](C2)N3Cc2ccc([N+](=O)[O-])cc2)c2ccccc21. The highest BCUT2D eigenvalue weighted by Gasteiger charge is 2.39. The number of nitrogens with zero attached hydrogens (tertiary/aromatic N) is 4. The molecule has 2 aromatic carbocycles. The van der Waals surface area contributed by atoms with Gasteiger partial charge in [0.25, 0.3) is 11.6 Å². The number of nitrogens with one attached hydrogen (secondary N) is 1. The second-order valence-electron chi connectivity index (χ2n) is 9.91. The maximum absolute atomic E-state index is 13.4. The van der Waals surface area contributed by atoms with Crippen molar-refractivity contribution in [2.24, 2.45) is 0 Å². The Morgan fingerprint density at radius 2 is 1.83 bits per heavy atom. The quantitative estimate of drug-likeness (QED) is 0.305. The number of para-hydroxylation sites is 1. The molecular weight excluding hydrogens is 458 g/mol. The van der Waals surface area contributed by atoms with Gasteiger partial charge in [-0.15, -0.1) is 0 Å². The largest absolute Gasteiger partial charge is 0.378 e. The van der Waals surface area contributed by atoms with Crippen LogP contribution in [0.1, 0.15) is 42.7 Å². The monoisotopic (exact) mass is 489 g/mol. The number of rotatable bonds is 7. The van der Waals surface area contributed by atoms with Crippen molar-refractivity contribution in [1.82, 2.24) is 20.0 Å². The van der Waals surface area contributed by atoms with E-state index in [1.807, 2.05) is 54.9 Å². The summed E-state index contributed by atoms with van der Waals surface area (Å²) in [5.41, 5.74) is 3.74. The number of aromatic nitrogens is 2. The first-order valence-electron chi connectivity index (χ1n) is 12.4. The molecule has 0 radical (unpaired) electrons. The molecule has 2 fully saturated rings. The second kappa shape index (κ2) is 10.2. The average Bonchev–Trinajstić information content (AvgIpc) is 3.22. The van der Waals surface area contributed by atoms with Crippen LogP contribution in [0, 0.1) is 10.1 Å². The van der Waals surface area contributed by atoms with Gasteiger partial charge in [0, 0.05) is 42.2 Å². The van der Waals surface area contributed by atoms with Gasteiger partial charge < -0.3 is 10.1 Å². The molecule has 1 amide bonds. The number of fused-ring (bicyclic) bond motifs is 3. The number of nitro benzene ring substituents is 1. The Hall–Kier alpha value is -3.56. The Balaban J connectivity index is 1.28. The van der Waals surface area contributed by atoms with Gasteiger partial charge in [-0.05, 0) is 38.3 Å². The minimum absolute atomic E-state index is 0.0335. The molecule has 2 saturated heterocycles. The van der Waals surface area contributed by atoms with Crippen LogP contribution >= 0.6 is 0 Å². The van der Waals surface area contributed by atoms with E-state index in [2.05, 4.69) is 21.4 Å². The maximum Gasteiger partial charge on any atom is 0.272 e. The summed E-state index contributed by atoms with van der Waals surface area (Å²) in [7, 11) is 0. The number of hydrogen-bond donors (Lipinski definition) is 1. The minimum atomic E-state index is -0.381. The molecule has 1 N–H and O–H groups in total. The van der Waals surface area contributed by atoms with Crippen LogP contribution in [0.5, 0.6) is 0 Å². The van der Waals surface area contributed by atoms with Gasteiger partial charge in [0.1, 0.15) is 0 Å². The van der Waals surface area contributed by atoms with Crippen molar-refractivity contribution in [3.8, 4) is 0 Å². The van der Waals surface area contributed by atoms with Crippen molar-refractivity contribution in [3.05, 3.63) is 81.6 Å². The first kappa shape index (κ1) is 24.1. The molecule has 9 heteroatoms. The van der Waals surface area contributed by atoms with Crippen molar-refractivity contribution >= 4 is 22.5 Å². The molecule has 0 spiro atoms. The number of hydrogen-bond acceptors (Lipinski definition) is 6. The Bertz CT molecular complexity index is 1280. The fourth-order valence-corrected chi connectivity index (χ4v) is 5.26. The van der Waals surface area contributed by atoms with E-state index in [9.17, 15) is 14.9 Å². The predicted octanol–water partition coefficient (Wildman–Crippen LogP) is 4.07. The Labute approximate surface area is 209 Å². The summed E-state index contributed by atoms with van der Waals surface area (Å²) >= 11 is 0. The van der Waals surface area contributed by atoms with Gasteiger partial charge in [0.05, 0.1) is 30.2 Å². The molecule has 1 aromatic heterocycles. The number of nitro groups is 1. The number of morpholine rings is 1. The third kappa shape index (κ3) is 5.03. The lowest BCUT2D eigenvalue weighted by Crippen LogP contribution is -2.60.